The number of nitrogens with zero attached hydrogens (tertiary/aromatic N) is 1. The van der Waals surface area contributed by atoms with Crippen LogP contribution in [-0.4, -0.2) is 0 Å². The SMILES string of the molecule is CCC/C=C\C/C=C\CCCC/C=C\Cc1cc(C)cc(C#N)c1. The zero-order valence-electron chi connectivity index (χ0n) is 15.3. The fraction of sp³-hybridized carbons (Fsp3) is 0.435. The summed E-state index contributed by atoms with van der Waals surface area (Å²) in [5.74, 6) is 0. The minimum Gasteiger partial charge on any atom is -0.192 e. The lowest BCUT2D eigenvalue weighted by Crippen LogP contribution is -1.86. The van der Waals surface area contributed by atoms with E-state index < -0.39 is 0 Å². The van der Waals surface area contributed by atoms with Crippen LogP contribution in [0.15, 0.2) is 54.7 Å². The monoisotopic (exact) mass is 321 g/mol. The zero-order valence-corrected chi connectivity index (χ0v) is 15.3. The van der Waals surface area contributed by atoms with Gasteiger partial charge in [-0.15, -0.1) is 0 Å². The molecule has 0 N–H and O–H groups in total. The summed E-state index contributed by atoms with van der Waals surface area (Å²) in [6.07, 6.45) is 22.8. The summed E-state index contributed by atoms with van der Waals surface area (Å²) in [7, 11) is 0. The average molecular weight is 322 g/mol. The second-order valence-electron chi connectivity index (χ2n) is 6.25. The molecule has 1 aromatic carbocycles. The van der Waals surface area contributed by atoms with Gasteiger partial charge in [0.25, 0.3) is 0 Å². The topological polar surface area (TPSA) is 23.8 Å². The number of allylic oxidation sites excluding steroid dienone is 6. The van der Waals surface area contributed by atoms with Crippen LogP contribution in [0.25, 0.3) is 0 Å². The highest BCUT2D eigenvalue weighted by Crippen LogP contribution is 2.10. The van der Waals surface area contributed by atoms with E-state index >= 15 is 0 Å². The summed E-state index contributed by atoms with van der Waals surface area (Å²) in [5.41, 5.74) is 3.14. The second-order valence-corrected chi connectivity index (χ2v) is 6.25. The molecule has 24 heavy (non-hydrogen) atoms. The van der Waals surface area contributed by atoms with E-state index in [4.69, 9.17) is 5.26 Å². The van der Waals surface area contributed by atoms with Gasteiger partial charge in [-0.1, -0.05) is 55.9 Å². The number of nitriles is 1. The largest absolute Gasteiger partial charge is 0.192 e. The lowest BCUT2D eigenvalue weighted by Gasteiger charge is -2.00. The summed E-state index contributed by atoms with van der Waals surface area (Å²) in [4.78, 5) is 0. The summed E-state index contributed by atoms with van der Waals surface area (Å²) in [6, 6.07) is 8.29. The van der Waals surface area contributed by atoms with Crippen LogP contribution < -0.4 is 0 Å². The molecule has 0 aliphatic heterocycles. The molecule has 0 saturated carbocycles. The van der Waals surface area contributed by atoms with Crippen LogP contribution in [0.2, 0.25) is 0 Å². The highest BCUT2D eigenvalue weighted by Gasteiger charge is 1.96. The highest BCUT2D eigenvalue weighted by atomic mass is 14.2. The number of hydrogen-bond donors (Lipinski definition) is 0. The Balaban J connectivity index is 2.11. The van der Waals surface area contributed by atoms with Gasteiger partial charge in [-0.2, -0.15) is 5.26 Å². The molecule has 0 unspecified atom stereocenters. The normalized spacial score (nSPS) is 11.7. The van der Waals surface area contributed by atoms with Gasteiger partial charge in [0, 0.05) is 0 Å². The Labute approximate surface area is 148 Å². The molecule has 0 aromatic heterocycles. The van der Waals surface area contributed by atoms with E-state index in [-0.39, 0.29) is 0 Å². The first-order valence-electron chi connectivity index (χ1n) is 9.22. The maximum absolute atomic E-state index is 8.99. The predicted octanol–water partition coefficient (Wildman–Crippen LogP) is 6.83. The molecule has 128 valence electrons. The quantitative estimate of drug-likeness (QED) is 0.324. The Morgan fingerprint density at radius 3 is 2.21 bits per heavy atom. The van der Waals surface area contributed by atoms with Crippen molar-refractivity contribution in [1.29, 1.82) is 5.26 Å². The van der Waals surface area contributed by atoms with Crippen LogP contribution in [-0.2, 0) is 6.42 Å². The zero-order chi connectivity index (χ0) is 17.5. The van der Waals surface area contributed by atoms with Crippen LogP contribution in [0.1, 0.15) is 68.6 Å². The van der Waals surface area contributed by atoms with E-state index in [1.165, 1.54) is 37.7 Å². The van der Waals surface area contributed by atoms with Crippen molar-refractivity contribution in [2.24, 2.45) is 0 Å². The molecule has 1 rings (SSSR count). The Morgan fingerprint density at radius 2 is 1.54 bits per heavy atom. The van der Waals surface area contributed by atoms with E-state index in [0.717, 1.165) is 30.4 Å². The van der Waals surface area contributed by atoms with E-state index in [1.54, 1.807) is 0 Å². The maximum Gasteiger partial charge on any atom is 0.0991 e. The van der Waals surface area contributed by atoms with Gasteiger partial charge >= 0.3 is 0 Å². The number of hydrogen-bond acceptors (Lipinski definition) is 1. The van der Waals surface area contributed by atoms with Gasteiger partial charge < -0.3 is 0 Å². The van der Waals surface area contributed by atoms with Crippen LogP contribution in [0, 0.1) is 18.3 Å². The molecule has 1 heteroatoms. The number of benzene rings is 1. The standard InChI is InChI=1S/C23H31N/c1-3-4-5-6-7-8-9-10-11-12-13-14-15-16-22-17-21(2)18-23(19-22)20-24/h5-6,8-9,14-15,17-19H,3-4,7,10-13,16H2,1-2H3/b6-5-,9-8-,15-14-. The fourth-order valence-electron chi connectivity index (χ4n) is 2.58. The van der Waals surface area contributed by atoms with Gasteiger partial charge in [-0.3, -0.25) is 0 Å². The Kier molecular flexibility index (Phi) is 11.1. The van der Waals surface area contributed by atoms with Crippen LogP contribution >= 0.6 is 0 Å². The molecule has 1 nitrogen and oxygen atoms in total. The van der Waals surface area contributed by atoms with E-state index in [9.17, 15) is 0 Å². The molecular formula is C23H31N. The second kappa shape index (κ2) is 13.4. The van der Waals surface area contributed by atoms with Gasteiger partial charge in [0.15, 0.2) is 0 Å². The summed E-state index contributed by atoms with van der Waals surface area (Å²) in [6.45, 7) is 4.25. The van der Waals surface area contributed by atoms with E-state index in [2.05, 4.69) is 55.5 Å². The van der Waals surface area contributed by atoms with Crippen molar-refractivity contribution in [3.8, 4) is 6.07 Å². The highest BCUT2D eigenvalue weighted by molar-refractivity contribution is 5.37. The van der Waals surface area contributed by atoms with E-state index in [0.29, 0.717) is 0 Å². The third kappa shape index (κ3) is 9.85. The van der Waals surface area contributed by atoms with Crippen molar-refractivity contribution in [3.05, 3.63) is 71.3 Å². The minimum atomic E-state index is 0.759. The smallest absolute Gasteiger partial charge is 0.0991 e. The van der Waals surface area contributed by atoms with Gasteiger partial charge in [0.1, 0.15) is 0 Å². The molecule has 0 atom stereocenters. The van der Waals surface area contributed by atoms with Crippen molar-refractivity contribution in [2.45, 2.75) is 65.2 Å². The first kappa shape index (κ1) is 20.0. The summed E-state index contributed by atoms with van der Waals surface area (Å²) in [5, 5.41) is 8.99. The maximum atomic E-state index is 8.99. The van der Waals surface area contributed by atoms with Crippen molar-refractivity contribution in [2.75, 3.05) is 0 Å². The summed E-state index contributed by atoms with van der Waals surface area (Å²) < 4.78 is 0. The molecule has 0 heterocycles. The lowest BCUT2D eigenvalue weighted by atomic mass is 10.0. The Hall–Kier alpha value is -2.07. The number of aryl methyl sites for hydroxylation is 1. The molecule has 0 fully saturated rings. The molecule has 0 aliphatic carbocycles. The molecule has 0 amide bonds. The minimum absolute atomic E-state index is 0.759. The lowest BCUT2D eigenvalue weighted by molar-refractivity contribution is 0.760. The first-order chi connectivity index (χ1) is 11.8. The van der Waals surface area contributed by atoms with Gasteiger partial charge in [-0.05, 0) is 75.1 Å². The predicted molar refractivity (Wildman–Crippen MR) is 105 cm³/mol. The van der Waals surface area contributed by atoms with Crippen LogP contribution in [0.3, 0.4) is 0 Å². The van der Waals surface area contributed by atoms with Gasteiger partial charge in [-0.25, -0.2) is 0 Å². The molecule has 0 bridgehead atoms. The summed E-state index contributed by atoms with van der Waals surface area (Å²) >= 11 is 0. The number of rotatable bonds is 11. The van der Waals surface area contributed by atoms with Crippen molar-refractivity contribution >= 4 is 0 Å². The van der Waals surface area contributed by atoms with Crippen molar-refractivity contribution in [3.63, 3.8) is 0 Å². The van der Waals surface area contributed by atoms with Crippen molar-refractivity contribution in [1.82, 2.24) is 0 Å². The van der Waals surface area contributed by atoms with Crippen LogP contribution in [0.5, 0.6) is 0 Å². The van der Waals surface area contributed by atoms with Crippen molar-refractivity contribution < 1.29 is 0 Å². The average Bonchev–Trinajstić information content (AvgIpc) is 2.58. The third-order valence-corrected chi connectivity index (χ3v) is 3.84. The fourth-order valence-corrected chi connectivity index (χ4v) is 2.58. The Bertz CT molecular complexity index is 585. The van der Waals surface area contributed by atoms with Gasteiger partial charge in [0.05, 0.1) is 11.6 Å². The first-order valence-corrected chi connectivity index (χ1v) is 9.22. The van der Waals surface area contributed by atoms with E-state index in [1.807, 2.05) is 19.1 Å². The van der Waals surface area contributed by atoms with Gasteiger partial charge in [0.2, 0.25) is 0 Å². The molecule has 0 saturated heterocycles. The molecule has 0 spiro atoms. The Morgan fingerprint density at radius 1 is 0.875 bits per heavy atom. The molecule has 0 radical (unpaired) electrons. The number of unbranched alkanes of at least 4 members (excludes halogenated alkanes) is 4. The molecule has 0 aliphatic rings. The molecular weight excluding hydrogens is 290 g/mol. The molecule has 1 aromatic rings. The van der Waals surface area contributed by atoms with Crippen LogP contribution in [0.4, 0.5) is 0 Å². The third-order valence-electron chi connectivity index (χ3n) is 3.84.